The number of anilines is 1. The number of hydrogen-bond acceptors (Lipinski definition) is 5. The average molecular weight is 303 g/mol. The summed E-state index contributed by atoms with van der Waals surface area (Å²) in [6, 6.07) is 7.60. The van der Waals surface area contributed by atoms with Crippen molar-refractivity contribution in [2.24, 2.45) is 0 Å². The number of benzene rings is 1. The Kier molecular flexibility index (Phi) is 3.38. The third kappa shape index (κ3) is 2.50. The summed E-state index contributed by atoms with van der Waals surface area (Å²) in [5.41, 5.74) is 8.52. The van der Waals surface area contributed by atoms with E-state index >= 15 is 0 Å². The number of nitrogen functional groups attached to an aromatic ring is 1. The maximum absolute atomic E-state index is 6.00. The lowest BCUT2D eigenvalue weighted by Gasteiger charge is -2.01. The minimum Gasteiger partial charge on any atom is -0.383 e. The molecule has 0 radical (unpaired) electrons. The van der Waals surface area contributed by atoms with Crippen molar-refractivity contribution >= 4 is 28.8 Å². The largest absolute Gasteiger partial charge is 0.383 e. The van der Waals surface area contributed by atoms with Gasteiger partial charge in [-0.3, -0.25) is 0 Å². The lowest BCUT2D eigenvalue weighted by molar-refractivity contribution is 1.06. The van der Waals surface area contributed by atoms with E-state index in [1.807, 2.05) is 29.6 Å². The predicted octanol–water partition coefficient (Wildman–Crippen LogP) is 3.81. The van der Waals surface area contributed by atoms with Gasteiger partial charge in [-0.15, -0.1) is 11.3 Å². The average Bonchev–Trinajstić information content (AvgIpc) is 2.88. The Labute approximate surface area is 125 Å². The van der Waals surface area contributed by atoms with Gasteiger partial charge in [0.2, 0.25) is 0 Å². The summed E-state index contributed by atoms with van der Waals surface area (Å²) in [5, 5.41) is 3.47. The second kappa shape index (κ2) is 5.19. The number of rotatable bonds is 2. The van der Waals surface area contributed by atoms with Gasteiger partial charge in [0.05, 0.1) is 11.3 Å². The molecule has 0 aliphatic rings. The van der Waals surface area contributed by atoms with Crippen LogP contribution in [0, 0.1) is 6.92 Å². The van der Waals surface area contributed by atoms with Crippen molar-refractivity contribution in [3.8, 4) is 21.8 Å². The first-order valence-electron chi connectivity index (χ1n) is 5.94. The minimum atomic E-state index is 0.449. The van der Waals surface area contributed by atoms with Crippen LogP contribution in [0.4, 0.5) is 5.82 Å². The van der Waals surface area contributed by atoms with E-state index in [4.69, 9.17) is 17.3 Å². The van der Waals surface area contributed by atoms with Crippen LogP contribution in [0.15, 0.2) is 35.8 Å². The number of aryl methyl sites for hydroxylation is 1. The standard InChI is InChI=1S/C14H11ClN4S/c1-8-17-6-11(13(16)18-8)14-19-12(7-20-14)9-3-2-4-10(15)5-9/h2-7H,1H3,(H2,16,17,18). The van der Waals surface area contributed by atoms with E-state index in [1.54, 1.807) is 13.1 Å². The normalized spacial score (nSPS) is 10.7. The molecule has 0 saturated heterocycles. The van der Waals surface area contributed by atoms with Gasteiger partial charge in [0.1, 0.15) is 16.6 Å². The topological polar surface area (TPSA) is 64.7 Å². The summed E-state index contributed by atoms with van der Waals surface area (Å²) in [4.78, 5) is 12.9. The fourth-order valence-electron chi connectivity index (χ4n) is 1.83. The van der Waals surface area contributed by atoms with E-state index < -0.39 is 0 Å². The van der Waals surface area contributed by atoms with Gasteiger partial charge in [-0.05, 0) is 19.1 Å². The van der Waals surface area contributed by atoms with Crippen molar-refractivity contribution in [2.75, 3.05) is 5.73 Å². The molecule has 0 aliphatic carbocycles. The van der Waals surface area contributed by atoms with Crippen molar-refractivity contribution < 1.29 is 0 Å². The van der Waals surface area contributed by atoms with E-state index in [1.165, 1.54) is 11.3 Å². The number of aromatic nitrogens is 3. The molecule has 6 heteroatoms. The smallest absolute Gasteiger partial charge is 0.137 e. The third-order valence-corrected chi connectivity index (χ3v) is 3.90. The van der Waals surface area contributed by atoms with Gasteiger partial charge >= 0.3 is 0 Å². The van der Waals surface area contributed by atoms with Crippen molar-refractivity contribution in [3.05, 3.63) is 46.7 Å². The minimum absolute atomic E-state index is 0.449. The summed E-state index contributed by atoms with van der Waals surface area (Å²) in [6.07, 6.45) is 1.71. The molecule has 0 spiro atoms. The number of nitrogens with zero attached hydrogens (tertiary/aromatic N) is 3. The van der Waals surface area contributed by atoms with Gasteiger partial charge in [0.15, 0.2) is 0 Å². The van der Waals surface area contributed by atoms with Crippen LogP contribution in [0.2, 0.25) is 5.02 Å². The van der Waals surface area contributed by atoms with E-state index in [9.17, 15) is 0 Å². The Morgan fingerprint density at radius 1 is 1.25 bits per heavy atom. The van der Waals surface area contributed by atoms with Gasteiger partial charge in [-0.25, -0.2) is 15.0 Å². The van der Waals surface area contributed by atoms with Crippen molar-refractivity contribution in [1.29, 1.82) is 0 Å². The third-order valence-electron chi connectivity index (χ3n) is 2.79. The molecule has 0 unspecified atom stereocenters. The summed E-state index contributed by atoms with van der Waals surface area (Å²) in [7, 11) is 0. The van der Waals surface area contributed by atoms with Gasteiger partial charge in [0, 0.05) is 22.2 Å². The Morgan fingerprint density at radius 2 is 2.10 bits per heavy atom. The van der Waals surface area contributed by atoms with Crippen LogP contribution in [-0.2, 0) is 0 Å². The number of hydrogen-bond donors (Lipinski definition) is 1. The zero-order chi connectivity index (χ0) is 14.1. The number of halogens is 1. The highest BCUT2D eigenvalue weighted by molar-refractivity contribution is 7.13. The monoisotopic (exact) mass is 302 g/mol. The van der Waals surface area contributed by atoms with E-state index in [-0.39, 0.29) is 0 Å². The second-order valence-corrected chi connectivity index (χ2v) is 5.56. The molecule has 2 heterocycles. The second-order valence-electron chi connectivity index (χ2n) is 4.26. The van der Waals surface area contributed by atoms with E-state index in [2.05, 4.69) is 15.0 Å². The Bertz CT molecular complexity index is 769. The Balaban J connectivity index is 2.02. The van der Waals surface area contributed by atoms with Gasteiger partial charge < -0.3 is 5.73 Å². The molecule has 3 aromatic rings. The molecular weight excluding hydrogens is 292 g/mol. The molecular formula is C14H11ClN4S. The lowest BCUT2D eigenvalue weighted by atomic mass is 10.2. The molecule has 1 aromatic carbocycles. The Hall–Kier alpha value is -1.98. The predicted molar refractivity (Wildman–Crippen MR) is 82.7 cm³/mol. The number of thiazole rings is 1. The van der Waals surface area contributed by atoms with Crippen molar-refractivity contribution in [2.45, 2.75) is 6.92 Å². The van der Waals surface area contributed by atoms with E-state index in [0.717, 1.165) is 21.8 Å². The summed E-state index contributed by atoms with van der Waals surface area (Å²) in [5.74, 6) is 1.10. The summed E-state index contributed by atoms with van der Waals surface area (Å²) in [6.45, 7) is 1.80. The fraction of sp³-hybridized carbons (Fsp3) is 0.0714. The van der Waals surface area contributed by atoms with Gasteiger partial charge in [0.25, 0.3) is 0 Å². The first-order chi connectivity index (χ1) is 9.63. The quantitative estimate of drug-likeness (QED) is 0.781. The first-order valence-corrected chi connectivity index (χ1v) is 7.20. The highest BCUT2D eigenvalue weighted by atomic mass is 35.5. The van der Waals surface area contributed by atoms with Crippen LogP contribution in [-0.4, -0.2) is 15.0 Å². The highest BCUT2D eigenvalue weighted by Gasteiger charge is 2.11. The van der Waals surface area contributed by atoms with Crippen LogP contribution >= 0.6 is 22.9 Å². The zero-order valence-electron chi connectivity index (χ0n) is 10.7. The maximum atomic E-state index is 6.00. The molecule has 0 bridgehead atoms. The SMILES string of the molecule is Cc1ncc(-c2nc(-c3cccc(Cl)c3)cs2)c(N)n1. The van der Waals surface area contributed by atoms with Crippen LogP contribution in [0.5, 0.6) is 0 Å². The molecule has 4 nitrogen and oxygen atoms in total. The molecule has 0 saturated carbocycles. The van der Waals surface area contributed by atoms with Crippen molar-refractivity contribution in [3.63, 3.8) is 0 Å². The van der Waals surface area contributed by atoms with Crippen molar-refractivity contribution in [1.82, 2.24) is 15.0 Å². The fourth-order valence-corrected chi connectivity index (χ4v) is 2.87. The molecule has 100 valence electrons. The molecule has 0 amide bonds. The van der Waals surface area contributed by atoms with Gasteiger partial charge in [-0.1, -0.05) is 23.7 Å². The van der Waals surface area contributed by atoms with E-state index in [0.29, 0.717) is 16.7 Å². The number of nitrogens with two attached hydrogens (primary N) is 1. The lowest BCUT2D eigenvalue weighted by Crippen LogP contribution is -1.98. The first kappa shape index (κ1) is 13.0. The van der Waals surface area contributed by atoms with Crippen LogP contribution in [0.3, 0.4) is 0 Å². The summed E-state index contributed by atoms with van der Waals surface area (Å²) >= 11 is 7.51. The van der Waals surface area contributed by atoms with Crippen LogP contribution < -0.4 is 5.73 Å². The summed E-state index contributed by atoms with van der Waals surface area (Å²) < 4.78 is 0. The van der Waals surface area contributed by atoms with Crippen LogP contribution in [0.25, 0.3) is 21.8 Å². The van der Waals surface area contributed by atoms with Crippen LogP contribution in [0.1, 0.15) is 5.82 Å². The molecule has 0 atom stereocenters. The molecule has 0 fully saturated rings. The molecule has 3 rings (SSSR count). The zero-order valence-corrected chi connectivity index (χ0v) is 12.2. The maximum Gasteiger partial charge on any atom is 0.137 e. The highest BCUT2D eigenvalue weighted by Crippen LogP contribution is 2.31. The molecule has 20 heavy (non-hydrogen) atoms. The molecule has 0 aliphatic heterocycles. The molecule has 2 N–H and O–H groups in total. The molecule has 2 aromatic heterocycles. The Morgan fingerprint density at radius 3 is 2.85 bits per heavy atom. The van der Waals surface area contributed by atoms with Gasteiger partial charge in [-0.2, -0.15) is 0 Å².